The molecule has 1 aromatic carbocycles. The Kier molecular flexibility index (Phi) is 4.95. The molecule has 2 N–H and O–H groups in total. The molecule has 118 valence electrons. The standard InChI is InChI=1S/C14H20F2N2O2S/c1-18(9-10-4-2-3-5-10)21(19,20)13-7-6-12(15)11(8-17)14(13)16/h6-7,10H,2-5,8-9,17H2,1H3. The summed E-state index contributed by atoms with van der Waals surface area (Å²) in [6.45, 7) is -0.0233. The highest BCUT2D eigenvalue weighted by atomic mass is 32.2. The number of rotatable bonds is 5. The predicted molar refractivity (Wildman–Crippen MR) is 76.0 cm³/mol. The van der Waals surface area contributed by atoms with Crippen molar-refractivity contribution in [3.05, 3.63) is 29.3 Å². The average Bonchev–Trinajstić information content (AvgIpc) is 2.91. The van der Waals surface area contributed by atoms with Crippen LogP contribution < -0.4 is 5.73 Å². The van der Waals surface area contributed by atoms with Crippen molar-refractivity contribution >= 4 is 10.0 Å². The van der Waals surface area contributed by atoms with Crippen LogP contribution in [-0.2, 0) is 16.6 Å². The summed E-state index contributed by atoms with van der Waals surface area (Å²) < 4.78 is 53.6. The number of nitrogens with zero attached hydrogens (tertiary/aromatic N) is 1. The minimum atomic E-state index is -3.97. The molecule has 1 aliphatic carbocycles. The summed E-state index contributed by atoms with van der Waals surface area (Å²) in [5.41, 5.74) is 4.89. The van der Waals surface area contributed by atoms with E-state index < -0.39 is 32.1 Å². The second-order valence-corrected chi connectivity index (χ2v) is 7.49. The van der Waals surface area contributed by atoms with Gasteiger partial charge in [-0.25, -0.2) is 21.5 Å². The first-order valence-electron chi connectivity index (χ1n) is 7.01. The van der Waals surface area contributed by atoms with Crippen molar-refractivity contribution in [3.8, 4) is 0 Å². The molecule has 0 amide bonds. The predicted octanol–water partition coefficient (Wildman–Crippen LogP) is 2.23. The topological polar surface area (TPSA) is 63.4 Å². The molecule has 2 rings (SSSR count). The Morgan fingerprint density at radius 2 is 1.90 bits per heavy atom. The molecule has 0 unspecified atom stereocenters. The van der Waals surface area contributed by atoms with E-state index in [2.05, 4.69) is 0 Å². The molecule has 1 aliphatic rings. The Labute approximate surface area is 124 Å². The van der Waals surface area contributed by atoms with Crippen molar-refractivity contribution in [1.29, 1.82) is 0 Å². The van der Waals surface area contributed by atoms with Crippen molar-refractivity contribution in [3.63, 3.8) is 0 Å². The zero-order valence-electron chi connectivity index (χ0n) is 12.0. The highest BCUT2D eigenvalue weighted by Crippen LogP contribution is 2.28. The maximum Gasteiger partial charge on any atom is 0.245 e. The maximum atomic E-state index is 14.2. The molecule has 21 heavy (non-hydrogen) atoms. The zero-order valence-corrected chi connectivity index (χ0v) is 12.8. The highest BCUT2D eigenvalue weighted by molar-refractivity contribution is 7.89. The van der Waals surface area contributed by atoms with E-state index in [1.807, 2.05) is 0 Å². The lowest BCUT2D eigenvalue weighted by atomic mass is 10.1. The van der Waals surface area contributed by atoms with Gasteiger partial charge < -0.3 is 5.73 Å². The third kappa shape index (κ3) is 3.25. The first-order valence-corrected chi connectivity index (χ1v) is 8.45. The number of nitrogens with two attached hydrogens (primary N) is 1. The summed E-state index contributed by atoms with van der Waals surface area (Å²) in [5.74, 6) is -1.61. The molecule has 0 bridgehead atoms. The van der Waals surface area contributed by atoms with Gasteiger partial charge in [-0.1, -0.05) is 12.8 Å². The molecular weight excluding hydrogens is 298 g/mol. The largest absolute Gasteiger partial charge is 0.326 e. The van der Waals surface area contributed by atoms with Crippen LogP contribution in [0.4, 0.5) is 8.78 Å². The summed E-state index contributed by atoms with van der Waals surface area (Å²) in [6.07, 6.45) is 4.17. The van der Waals surface area contributed by atoms with E-state index in [9.17, 15) is 17.2 Å². The molecule has 0 aliphatic heterocycles. The number of sulfonamides is 1. The second kappa shape index (κ2) is 6.37. The Balaban J connectivity index is 2.30. The van der Waals surface area contributed by atoms with E-state index >= 15 is 0 Å². The summed E-state index contributed by atoms with van der Waals surface area (Å²) in [4.78, 5) is -0.509. The monoisotopic (exact) mass is 318 g/mol. The van der Waals surface area contributed by atoms with Crippen LogP contribution in [0.5, 0.6) is 0 Å². The Morgan fingerprint density at radius 3 is 2.48 bits per heavy atom. The lowest BCUT2D eigenvalue weighted by Gasteiger charge is -2.21. The van der Waals surface area contributed by atoms with Crippen LogP contribution in [-0.4, -0.2) is 26.3 Å². The van der Waals surface area contributed by atoms with Crippen molar-refractivity contribution in [2.45, 2.75) is 37.1 Å². The molecule has 0 saturated heterocycles. The van der Waals surface area contributed by atoms with Crippen LogP contribution in [0.3, 0.4) is 0 Å². The molecule has 1 fully saturated rings. The lowest BCUT2D eigenvalue weighted by molar-refractivity contribution is 0.384. The first-order chi connectivity index (χ1) is 9.87. The minimum absolute atomic E-state index is 0.308. The Bertz CT molecular complexity index is 614. The van der Waals surface area contributed by atoms with Crippen LogP contribution in [0, 0.1) is 17.6 Å². The zero-order chi connectivity index (χ0) is 15.6. The van der Waals surface area contributed by atoms with Crippen LogP contribution in [0.2, 0.25) is 0 Å². The molecular formula is C14H20F2N2O2S. The SMILES string of the molecule is CN(CC1CCCC1)S(=O)(=O)c1ccc(F)c(CN)c1F. The molecule has 0 aromatic heterocycles. The summed E-state index contributed by atoms with van der Waals surface area (Å²) in [6, 6.07) is 1.91. The van der Waals surface area contributed by atoms with Gasteiger partial charge in [-0.3, -0.25) is 0 Å². The van der Waals surface area contributed by atoms with Gasteiger partial charge in [-0.05, 0) is 30.9 Å². The molecule has 0 atom stereocenters. The molecule has 1 aromatic rings. The van der Waals surface area contributed by atoms with Crippen molar-refractivity contribution in [2.24, 2.45) is 11.7 Å². The average molecular weight is 318 g/mol. The van der Waals surface area contributed by atoms with Gasteiger partial charge in [0.1, 0.15) is 10.7 Å². The third-order valence-electron chi connectivity index (χ3n) is 4.03. The molecule has 1 saturated carbocycles. The molecule has 0 radical (unpaired) electrons. The van der Waals surface area contributed by atoms with Crippen molar-refractivity contribution in [1.82, 2.24) is 4.31 Å². The molecule has 7 heteroatoms. The van der Waals surface area contributed by atoms with E-state index in [0.717, 1.165) is 42.1 Å². The lowest BCUT2D eigenvalue weighted by Crippen LogP contribution is -2.32. The van der Waals surface area contributed by atoms with Crippen molar-refractivity contribution in [2.75, 3.05) is 13.6 Å². The number of hydrogen-bond acceptors (Lipinski definition) is 3. The summed E-state index contributed by atoms with van der Waals surface area (Å²) in [7, 11) is -2.54. The van der Waals surface area contributed by atoms with E-state index in [4.69, 9.17) is 5.73 Å². The van der Waals surface area contributed by atoms with E-state index in [0.29, 0.717) is 12.5 Å². The van der Waals surface area contributed by atoms with Gasteiger partial charge in [0.2, 0.25) is 10.0 Å². The van der Waals surface area contributed by atoms with Gasteiger partial charge in [-0.15, -0.1) is 0 Å². The fraction of sp³-hybridized carbons (Fsp3) is 0.571. The van der Waals surface area contributed by atoms with E-state index in [1.54, 1.807) is 0 Å². The molecule has 0 heterocycles. The number of hydrogen-bond donors (Lipinski definition) is 1. The summed E-state index contributed by atoms with van der Waals surface area (Å²) >= 11 is 0. The van der Waals surface area contributed by atoms with Gasteiger partial charge in [0.25, 0.3) is 0 Å². The smallest absolute Gasteiger partial charge is 0.245 e. The van der Waals surface area contributed by atoms with Gasteiger partial charge in [0, 0.05) is 25.7 Å². The Hall–Kier alpha value is -1.05. The Morgan fingerprint density at radius 1 is 1.29 bits per heavy atom. The van der Waals surface area contributed by atoms with Crippen LogP contribution in [0.15, 0.2) is 17.0 Å². The maximum absolute atomic E-state index is 14.2. The van der Waals surface area contributed by atoms with Gasteiger partial charge in [0.05, 0.1) is 0 Å². The molecule has 0 spiro atoms. The number of halogens is 2. The van der Waals surface area contributed by atoms with Crippen LogP contribution in [0.25, 0.3) is 0 Å². The van der Waals surface area contributed by atoms with Gasteiger partial charge in [0.15, 0.2) is 5.82 Å². The molecule has 4 nitrogen and oxygen atoms in total. The van der Waals surface area contributed by atoms with Gasteiger partial charge >= 0.3 is 0 Å². The van der Waals surface area contributed by atoms with Crippen molar-refractivity contribution < 1.29 is 17.2 Å². The fourth-order valence-electron chi connectivity index (χ4n) is 2.79. The highest BCUT2D eigenvalue weighted by Gasteiger charge is 2.29. The first kappa shape index (κ1) is 16.3. The number of benzene rings is 1. The van der Waals surface area contributed by atoms with E-state index in [1.165, 1.54) is 7.05 Å². The summed E-state index contributed by atoms with van der Waals surface area (Å²) in [5, 5.41) is 0. The third-order valence-corrected chi connectivity index (χ3v) is 5.87. The van der Waals surface area contributed by atoms with E-state index in [-0.39, 0.29) is 6.54 Å². The van der Waals surface area contributed by atoms with Gasteiger partial charge in [-0.2, -0.15) is 0 Å². The quantitative estimate of drug-likeness (QED) is 0.905. The fourth-order valence-corrected chi connectivity index (χ4v) is 4.12. The van der Waals surface area contributed by atoms with Crippen LogP contribution >= 0.6 is 0 Å². The second-order valence-electron chi connectivity index (χ2n) is 5.48. The van der Waals surface area contributed by atoms with Crippen LogP contribution in [0.1, 0.15) is 31.2 Å². The normalized spacial score (nSPS) is 16.8. The minimum Gasteiger partial charge on any atom is -0.326 e.